The van der Waals surface area contributed by atoms with Crippen molar-refractivity contribution in [3.8, 4) is 11.5 Å². The lowest BCUT2D eigenvalue weighted by molar-refractivity contribution is 0.142. The molecular formula is C18H36OSi2. The van der Waals surface area contributed by atoms with Crippen molar-refractivity contribution in [2.24, 2.45) is 5.41 Å². The van der Waals surface area contributed by atoms with Crippen molar-refractivity contribution >= 4 is 16.4 Å². The smallest absolute Gasteiger partial charge is 0.193 e. The average Bonchev–Trinajstić information content (AvgIpc) is 2.20. The van der Waals surface area contributed by atoms with Gasteiger partial charge in [-0.15, -0.1) is 5.54 Å². The minimum Gasteiger partial charge on any atom is -0.402 e. The maximum atomic E-state index is 6.65. The molecule has 0 heterocycles. The molecule has 0 fully saturated rings. The summed E-state index contributed by atoms with van der Waals surface area (Å²) in [6.07, 6.45) is 4.31. The lowest BCUT2D eigenvalue weighted by atomic mass is 9.86. The van der Waals surface area contributed by atoms with Crippen LogP contribution in [0.15, 0.2) is 12.2 Å². The second-order valence-corrected chi connectivity index (χ2v) is 18.6. The third-order valence-corrected chi connectivity index (χ3v) is 9.40. The fourth-order valence-electron chi connectivity index (χ4n) is 1.64. The normalized spacial score (nSPS) is 15.8. The van der Waals surface area contributed by atoms with E-state index in [4.69, 9.17) is 4.43 Å². The summed E-state index contributed by atoms with van der Waals surface area (Å²) in [6.45, 7) is 24.8. The van der Waals surface area contributed by atoms with Gasteiger partial charge in [0.25, 0.3) is 0 Å². The molecule has 0 saturated carbocycles. The van der Waals surface area contributed by atoms with Crippen LogP contribution in [0.4, 0.5) is 0 Å². The molecule has 21 heavy (non-hydrogen) atoms. The molecule has 0 saturated heterocycles. The number of hydrogen-bond donors (Lipinski definition) is 0. The highest BCUT2D eigenvalue weighted by molar-refractivity contribution is 6.83. The van der Waals surface area contributed by atoms with E-state index in [-0.39, 0.29) is 16.6 Å². The molecule has 1 atom stereocenters. The Bertz CT molecular complexity index is 423. The van der Waals surface area contributed by atoms with Crippen LogP contribution in [0, 0.1) is 16.9 Å². The van der Waals surface area contributed by atoms with Crippen molar-refractivity contribution in [3.63, 3.8) is 0 Å². The van der Waals surface area contributed by atoms with E-state index < -0.39 is 16.4 Å². The molecule has 122 valence electrons. The Balaban J connectivity index is 5.59. The van der Waals surface area contributed by atoms with Gasteiger partial charge >= 0.3 is 0 Å². The Morgan fingerprint density at radius 1 is 0.952 bits per heavy atom. The predicted molar refractivity (Wildman–Crippen MR) is 102 cm³/mol. The van der Waals surface area contributed by atoms with E-state index in [1.807, 2.05) is 0 Å². The molecule has 0 radical (unpaired) electrons. The highest BCUT2D eigenvalue weighted by atomic mass is 28.4. The first kappa shape index (κ1) is 20.7. The highest BCUT2D eigenvalue weighted by Gasteiger charge is 2.41. The van der Waals surface area contributed by atoms with Gasteiger partial charge in [0.1, 0.15) is 14.2 Å². The molecule has 0 spiro atoms. The molecule has 0 aromatic rings. The Kier molecular flexibility index (Phi) is 6.75. The van der Waals surface area contributed by atoms with Crippen LogP contribution in [0.5, 0.6) is 0 Å². The number of allylic oxidation sites excluding steroid dienone is 1. The summed E-state index contributed by atoms with van der Waals surface area (Å²) >= 11 is 0. The van der Waals surface area contributed by atoms with Crippen LogP contribution in [0.3, 0.4) is 0 Å². The first-order valence-corrected chi connectivity index (χ1v) is 14.4. The van der Waals surface area contributed by atoms with Crippen molar-refractivity contribution in [2.75, 3.05) is 0 Å². The van der Waals surface area contributed by atoms with Crippen LogP contribution in [-0.4, -0.2) is 22.5 Å². The van der Waals surface area contributed by atoms with Gasteiger partial charge in [-0.2, -0.15) is 0 Å². The van der Waals surface area contributed by atoms with Crippen molar-refractivity contribution < 1.29 is 4.43 Å². The van der Waals surface area contributed by atoms with Gasteiger partial charge in [-0.1, -0.05) is 72.3 Å². The van der Waals surface area contributed by atoms with Crippen LogP contribution < -0.4 is 0 Å². The Morgan fingerprint density at radius 3 is 1.76 bits per heavy atom. The van der Waals surface area contributed by atoms with Crippen LogP contribution in [0.1, 0.15) is 41.5 Å². The fourth-order valence-corrected chi connectivity index (χ4v) is 3.51. The van der Waals surface area contributed by atoms with Gasteiger partial charge in [0.15, 0.2) is 8.32 Å². The summed E-state index contributed by atoms with van der Waals surface area (Å²) in [5.41, 5.74) is 3.45. The lowest BCUT2D eigenvalue weighted by Crippen LogP contribution is -2.47. The average molecular weight is 325 g/mol. The molecule has 0 rings (SSSR count). The van der Waals surface area contributed by atoms with Gasteiger partial charge < -0.3 is 4.43 Å². The van der Waals surface area contributed by atoms with Crippen molar-refractivity contribution in [3.05, 3.63) is 12.2 Å². The molecule has 0 aliphatic rings. The van der Waals surface area contributed by atoms with Crippen molar-refractivity contribution in [2.45, 2.75) is 85.4 Å². The van der Waals surface area contributed by atoms with Gasteiger partial charge in [-0.05, 0) is 25.1 Å². The molecule has 0 aromatic carbocycles. The summed E-state index contributed by atoms with van der Waals surface area (Å²) in [7, 11) is -3.22. The third kappa shape index (κ3) is 6.99. The number of rotatable bonds is 4. The van der Waals surface area contributed by atoms with E-state index in [0.717, 1.165) is 0 Å². The second kappa shape index (κ2) is 6.85. The van der Waals surface area contributed by atoms with Crippen LogP contribution in [0.2, 0.25) is 37.8 Å². The van der Waals surface area contributed by atoms with E-state index in [1.54, 1.807) is 0 Å². The van der Waals surface area contributed by atoms with Gasteiger partial charge in [0, 0.05) is 5.41 Å². The molecule has 0 aromatic heterocycles. The molecule has 0 aliphatic carbocycles. The molecule has 3 heteroatoms. The Labute approximate surface area is 135 Å². The Hall–Kier alpha value is -0.306. The standard InChI is InChI=1S/C18H36OSi2/c1-12-14-18(5,6)16(13-15-20(7,8)9)19-21(10,11)17(2,3)4/h12,14,16H,1-11H3/b14-12+. The maximum Gasteiger partial charge on any atom is 0.193 e. The molecule has 0 amide bonds. The predicted octanol–water partition coefficient (Wildman–Crippen LogP) is 5.86. The molecule has 0 N–H and O–H groups in total. The Morgan fingerprint density at radius 2 is 1.43 bits per heavy atom. The van der Waals surface area contributed by atoms with E-state index >= 15 is 0 Å². The van der Waals surface area contributed by atoms with Gasteiger partial charge in [-0.25, -0.2) is 0 Å². The molecule has 0 aliphatic heterocycles. The van der Waals surface area contributed by atoms with E-state index in [0.29, 0.717) is 0 Å². The van der Waals surface area contributed by atoms with Gasteiger partial charge in [0.2, 0.25) is 0 Å². The minimum atomic E-state index is -1.82. The van der Waals surface area contributed by atoms with Gasteiger partial charge in [-0.3, -0.25) is 0 Å². The fraction of sp³-hybridized carbons (Fsp3) is 0.778. The lowest BCUT2D eigenvalue weighted by Gasteiger charge is -2.41. The molecule has 1 unspecified atom stereocenters. The highest BCUT2D eigenvalue weighted by Crippen LogP contribution is 2.39. The second-order valence-electron chi connectivity index (χ2n) is 9.10. The molecule has 1 nitrogen and oxygen atoms in total. The zero-order valence-electron chi connectivity index (χ0n) is 16.1. The summed E-state index contributed by atoms with van der Waals surface area (Å²) in [5.74, 6) is 3.49. The van der Waals surface area contributed by atoms with Crippen molar-refractivity contribution in [1.29, 1.82) is 0 Å². The quantitative estimate of drug-likeness (QED) is 0.357. The van der Waals surface area contributed by atoms with Crippen LogP contribution >= 0.6 is 0 Å². The summed E-state index contributed by atoms with van der Waals surface area (Å²) < 4.78 is 6.65. The van der Waals surface area contributed by atoms with E-state index in [1.165, 1.54) is 0 Å². The largest absolute Gasteiger partial charge is 0.402 e. The molecular weight excluding hydrogens is 288 g/mol. The zero-order valence-corrected chi connectivity index (χ0v) is 18.1. The number of hydrogen-bond acceptors (Lipinski definition) is 1. The summed E-state index contributed by atoms with van der Waals surface area (Å²) in [4.78, 5) is 0. The van der Waals surface area contributed by atoms with Crippen LogP contribution in [0.25, 0.3) is 0 Å². The summed E-state index contributed by atoms with van der Waals surface area (Å²) in [6, 6.07) is 0. The minimum absolute atomic E-state index is 0.0266. The van der Waals surface area contributed by atoms with Gasteiger partial charge in [0.05, 0.1) is 0 Å². The zero-order chi connectivity index (χ0) is 17.1. The third-order valence-electron chi connectivity index (χ3n) is 4.07. The van der Waals surface area contributed by atoms with E-state index in [2.05, 4.69) is 97.9 Å². The van der Waals surface area contributed by atoms with Crippen LogP contribution in [-0.2, 0) is 4.43 Å². The van der Waals surface area contributed by atoms with Crippen molar-refractivity contribution in [1.82, 2.24) is 0 Å². The summed E-state index contributed by atoms with van der Waals surface area (Å²) in [5, 5.41) is 0.206. The molecule has 0 bridgehead atoms. The monoisotopic (exact) mass is 324 g/mol. The topological polar surface area (TPSA) is 9.23 Å². The SMILES string of the molecule is C/C=C/C(C)(C)C(C#C[Si](C)(C)C)O[Si](C)(C)C(C)(C)C. The first-order valence-electron chi connectivity index (χ1n) is 7.97. The maximum absolute atomic E-state index is 6.65. The first-order chi connectivity index (χ1) is 9.12. The van der Waals surface area contributed by atoms with E-state index in [9.17, 15) is 0 Å².